The van der Waals surface area contributed by atoms with Gasteiger partial charge >= 0.3 is 0 Å². The lowest BCUT2D eigenvalue weighted by atomic mass is 10.2. The lowest BCUT2D eigenvalue weighted by Gasteiger charge is -2.33. The summed E-state index contributed by atoms with van der Waals surface area (Å²) in [6, 6.07) is -0.481. The third-order valence-electron chi connectivity index (χ3n) is 3.84. The molecule has 2 fully saturated rings. The molecule has 0 aromatic rings. The highest BCUT2D eigenvalue weighted by Gasteiger charge is 2.41. The van der Waals surface area contributed by atoms with Gasteiger partial charge in [0.1, 0.15) is 6.04 Å². The van der Waals surface area contributed by atoms with E-state index in [1.165, 1.54) is 4.31 Å². The van der Waals surface area contributed by atoms with Crippen molar-refractivity contribution in [2.75, 3.05) is 32.7 Å². The van der Waals surface area contributed by atoms with Crippen molar-refractivity contribution in [2.45, 2.75) is 38.0 Å². The van der Waals surface area contributed by atoms with Gasteiger partial charge in [0.25, 0.3) is 0 Å². The van der Waals surface area contributed by atoms with E-state index >= 15 is 0 Å². The van der Waals surface area contributed by atoms with Crippen LogP contribution in [0.1, 0.15) is 26.7 Å². The largest absolute Gasteiger partial charge is 0.339 e. The van der Waals surface area contributed by atoms with Crippen molar-refractivity contribution in [2.24, 2.45) is 0 Å². The summed E-state index contributed by atoms with van der Waals surface area (Å²) < 4.78 is 26.0. The summed E-state index contributed by atoms with van der Waals surface area (Å²) in [6.07, 6.45) is 1.42. The van der Waals surface area contributed by atoms with Crippen LogP contribution in [-0.4, -0.2) is 67.5 Å². The number of piperazine rings is 1. The van der Waals surface area contributed by atoms with Crippen LogP contribution in [-0.2, 0) is 14.8 Å². The summed E-state index contributed by atoms with van der Waals surface area (Å²) in [6.45, 7) is 6.73. The number of hydrogen-bond acceptors (Lipinski definition) is 4. The second-order valence-corrected chi connectivity index (χ2v) is 7.88. The molecule has 110 valence electrons. The zero-order valence-electron chi connectivity index (χ0n) is 11.6. The van der Waals surface area contributed by atoms with Crippen LogP contribution in [0.5, 0.6) is 0 Å². The van der Waals surface area contributed by atoms with Crippen LogP contribution in [0.15, 0.2) is 0 Å². The van der Waals surface area contributed by atoms with E-state index in [0.29, 0.717) is 26.1 Å². The molecule has 0 spiro atoms. The molecule has 0 aliphatic carbocycles. The molecule has 0 radical (unpaired) electrons. The number of nitrogens with one attached hydrogen (secondary N) is 1. The molecule has 0 aromatic carbocycles. The van der Waals surface area contributed by atoms with E-state index in [4.69, 9.17) is 0 Å². The van der Waals surface area contributed by atoms with Gasteiger partial charge in [0.15, 0.2) is 0 Å². The zero-order valence-corrected chi connectivity index (χ0v) is 12.4. The fraction of sp³-hybridized carbons (Fsp3) is 0.917. The first-order valence-electron chi connectivity index (χ1n) is 6.94. The first-order valence-corrected chi connectivity index (χ1v) is 8.45. The third-order valence-corrected chi connectivity index (χ3v) is 6.12. The summed E-state index contributed by atoms with van der Waals surface area (Å²) in [5, 5.41) is 2.73. The summed E-state index contributed by atoms with van der Waals surface area (Å²) in [5.74, 6) is -0.0248. The fourth-order valence-electron chi connectivity index (χ4n) is 2.66. The van der Waals surface area contributed by atoms with E-state index < -0.39 is 21.3 Å². The van der Waals surface area contributed by atoms with Crippen molar-refractivity contribution in [1.82, 2.24) is 14.5 Å². The maximum Gasteiger partial charge on any atom is 0.241 e. The van der Waals surface area contributed by atoms with Crippen molar-refractivity contribution in [3.05, 3.63) is 0 Å². The minimum Gasteiger partial charge on any atom is -0.339 e. The number of amides is 1. The van der Waals surface area contributed by atoms with Gasteiger partial charge in [-0.1, -0.05) is 0 Å². The molecule has 2 aliphatic rings. The minimum absolute atomic E-state index is 0.0248. The Morgan fingerprint density at radius 2 is 1.84 bits per heavy atom. The Balaban J connectivity index is 2.12. The van der Waals surface area contributed by atoms with E-state index in [0.717, 1.165) is 19.5 Å². The van der Waals surface area contributed by atoms with Gasteiger partial charge in [-0.2, -0.15) is 4.31 Å². The molecule has 0 bridgehead atoms. The van der Waals surface area contributed by atoms with Crippen molar-refractivity contribution in [3.63, 3.8) is 0 Å². The molecular formula is C12H23N3O3S. The zero-order chi connectivity index (χ0) is 14.0. The van der Waals surface area contributed by atoms with Crippen LogP contribution in [0.4, 0.5) is 0 Å². The quantitative estimate of drug-likeness (QED) is 0.769. The number of rotatable bonds is 3. The van der Waals surface area contributed by atoms with E-state index in [-0.39, 0.29) is 5.91 Å². The molecule has 0 aromatic heterocycles. The normalized spacial score (nSPS) is 26.1. The summed E-state index contributed by atoms with van der Waals surface area (Å²) in [5.41, 5.74) is 0. The second kappa shape index (κ2) is 5.76. The molecule has 2 heterocycles. The maximum absolute atomic E-state index is 12.5. The molecule has 2 rings (SSSR count). The molecule has 7 heteroatoms. The molecule has 1 amide bonds. The molecule has 19 heavy (non-hydrogen) atoms. The Morgan fingerprint density at radius 1 is 1.21 bits per heavy atom. The van der Waals surface area contributed by atoms with Gasteiger partial charge < -0.3 is 10.2 Å². The molecule has 1 N–H and O–H groups in total. The van der Waals surface area contributed by atoms with Crippen molar-refractivity contribution >= 4 is 15.9 Å². The molecule has 2 aliphatic heterocycles. The Labute approximate surface area is 115 Å². The smallest absolute Gasteiger partial charge is 0.241 e. The van der Waals surface area contributed by atoms with Crippen LogP contribution in [0.25, 0.3) is 0 Å². The van der Waals surface area contributed by atoms with Crippen LogP contribution in [0.3, 0.4) is 0 Å². The van der Waals surface area contributed by atoms with Crippen LogP contribution >= 0.6 is 0 Å². The van der Waals surface area contributed by atoms with Crippen molar-refractivity contribution < 1.29 is 13.2 Å². The standard InChI is InChI=1S/C12H23N3O3S/c1-10(2)19(17,18)15-7-3-4-11(15)12(16)14-8-5-13-6-9-14/h10-11,13H,3-9H2,1-2H3. The van der Waals surface area contributed by atoms with E-state index in [1.807, 2.05) is 0 Å². The Bertz CT molecular complexity index is 430. The van der Waals surface area contributed by atoms with E-state index in [1.54, 1.807) is 18.7 Å². The predicted octanol–water partition coefficient (Wildman–Crippen LogP) is -0.379. The molecule has 1 atom stereocenters. The summed E-state index contributed by atoms with van der Waals surface area (Å²) >= 11 is 0. The lowest BCUT2D eigenvalue weighted by Crippen LogP contribution is -2.54. The molecular weight excluding hydrogens is 266 g/mol. The number of nitrogens with zero attached hydrogens (tertiary/aromatic N) is 2. The number of hydrogen-bond donors (Lipinski definition) is 1. The molecule has 0 saturated carbocycles. The first-order chi connectivity index (χ1) is 8.94. The Hall–Kier alpha value is -0.660. The average molecular weight is 289 g/mol. The van der Waals surface area contributed by atoms with Gasteiger partial charge in [0.05, 0.1) is 5.25 Å². The van der Waals surface area contributed by atoms with Crippen LogP contribution < -0.4 is 5.32 Å². The highest BCUT2D eigenvalue weighted by Crippen LogP contribution is 2.25. The van der Waals surface area contributed by atoms with E-state index in [9.17, 15) is 13.2 Å². The molecule has 1 unspecified atom stereocenters. The third kappa shape index (κ3) is 2.93. The molecule has 2 saturated heterocycles. The summed E-state index contributed by atoms with van der Waals surface area (Å²) in [4.78, 5) is 14.3. The second-order valence-electron chi connectivity index (χ2n) is 5.44. The number of sulfonamides is 1. The van der Waals surface area contributed by atoms with Gasteiger partial charge in [-0.3, -0.25) is 4.79 Å². The van der Waals surface area contributed by atoms with Crippen LogP contribution in [0, 0.1) is 0 Å². The van der Waals surface area contributed by atoms with Gasteiger partial charge in [-0.25, -0.2) is 8.42 Å². The monoisotopic (exact) mass is 289 g/mol. The van der Waals surface area contributed by atoms with Gasteiger partial charge in [-0.05, 0) is 26.7 Å². The topological polar surface area (TPSA) is 69.7 Å². The Morgan fingerprint density at radius 3 is 2.42 bits per heavy atom. The average Bonchev–Trinajstić information content (AvgIpc) is 2.88. The van der Waals surface area contributed by atoms with E-state index in [2.05, 4.69) is 5.32 Å². The van der Waals surface area contributed by atoms with Crippen molar-refractivity contribution in [1.29, 1.82) is 0 Å². The van der Waals surface area contributed by atoms with Crippen LogP contribution in [0.2, 0.25) is 0 Å². The Kier molecular flexibility index (Phi) is 4.47. The SMILES string of the molecule is CC(C)S(=O)(=O)N1CCCC1C(=O)N1CCNCC1. The van der Waals surface area contributed by atoms with Gasteiger partial charge in [-0.15, -0.1) is 0 Å². The van der Waals surface area contributed by atoms with Gasteiger partial charge in [0.2, 0.25) is 15.9 Å². The lowest BCUT2D eigenvalue weighted by molar-refractivity contribution is -0.135. The van der Waals surface area contributed by atoms with Crippen molar-refractivity contribution in [3.8, 4) is 0 Å². The minimum atomic E-state index is -3.34. The number of carbonyl (C=O) groups excluding carboxylic acids is 1. The summed E-state index contributed by atoms with van der Waals surface area (Å²) in [7, 11) is -3.34. The molecule has 6 nitrogen and oxygen atoms in total. The highest BCUT2D eigenvalue weighted by atomic mass is 32.2. The fourth-order valence-corrected chi connectivity index (χ4v) is 4.13. The maximum atomic E-state index is 12.5. The highest BCUT2D eigenvalue weighted by molar-refractivity contribution is 7.89. The number of carbonyl (C=O) groups is 1. The first kappa shape index (κ1) is 14.7. The predicted molar refractivity (Wildman–Crippen MR) is 73.2 cm³/mol. The van der Waals surface area contributed by atoms with Gasteiger partial charge in [0, 0.05) is 32.7 Å².